The first-order valence-corrected chi connectivity index (χ1v) is 9.81. The average Bonchev–Trinajstić information content (AvgIpc) is 3.22. The number of aryl methyl sites for hydroxylation is 1. The van der Waals surface area contributed by atoms with Crippen LogP contribution >= 0.6 is 11.6 Å². The zero-order valence-corrected chi connectivity index (χ0v) is 17.9. The van der Waals surface area contributed by atoms with E-state index < -0.39 is 18.4 Å². The molecule has 0 amide bonds. The molecule has 0 atom stereocenters. The number of ether oxygens (including phenoxy) is 1. The minimum atomic E-state index is -0.781. The van der Waals surface area contributed by atoms with Crippen molar-refractivity contribution in [3.05, 3.63) is 70.2 Å². The van der Waals surface area contributed by atoms with E-state index >= 15 is 0 Å². The number of nitrogens with zero attached hydrogens (tertiary/aromatic N) is 3. The minimum Gasteiger partial charge on any atom is -0.451 e. The van der Waals surface area contributed by atoms with Crippen molar-refractivity contribution >= 4 is 45.7 Å². The van der Waals surface area contributed by atoms with Gasteiger partial charge in [-0.15, -0.1) is 0 Å². The third kappa shape index (κ3) is 3.41. The van der Waals surface area contributed by atoms with Gasteiger partial charge in [0, 0.05) is 30.1 Å². The number of halogens is 1. The molecule has 3 aromatic rings. The number of fused-ring (bicyclic) bond motifs is 2. The molecule has 4 rings (SSSR count). The molecular formula is C23H18ClN3O4. The summed E-state index contributed by atoms with van der Waals surface area (Å²) in [4.78, 5) is 28.9. The number of hydrogen-bond donors (Lipinski definition) is 0. The van der Waals surface area contributed by atoms with Crippen LogP contribution in [0.5, 0.6) is 0 Å². The number of rotatable bonds is 4. The van der Waals surface area contributed by atoms with Crippen LogP contribution in [0, 0.1) is 18.3 Å². The van der Waals surface area contributed by atoms with Crippen LogP contribution in [-0.2, 0) is 9.53 Å². The smallest absolute Gasteiger partial charge is 0.375 e. The Hall–Kier alpha value is -3.76. The van der Waals surface area contributed by atoms with Gasteiger partial charge in [-0.3, -0.25) is 4.79 Å². The van der Waals surface area contributed by atoms with Crippen molar-refractivity contribution in [2.24, 2.45) is 0 Å². The maximum Gasteiger partial charge on any atom is 0.375 e. The predicted molar refractivity (Wildman–Crippen MR) is 117 cm³/mol. The molecule has 0 fully saturated rings. The molecule has 2 aromatic carbocycles. The van der Waals surface area contributed by atoms with Crippen LogP contribution in [0.2, 0.25) is 5.02 Å². The molecule has 0 N–H and O–H groups in total. The largest absolute Gasteiger partial charge is 0.451 e. The number of Topliss-reactive ketones (excluding diaryl/α,β-unsaturated/α-hetero) is 1. The van der Waals surface area contributed by atoms with Crippen molar-refractivity contribution in [3.63, 3.8) is 0 Å². The van der Waals surface area contributed by atoms with Gasteiger partial charge in [0.25, 0.3) is 0 Å². The molecule has 0 unspecified atom stereocenters. The highest BCUT2D eigenvalue weighted by Crippen LogP contribution is 2.40. The number of para-hydroxylation sites is 2. The van der Waals surface area contributed by atoms with Crippen molar-refractivity contribution in [2.75, 3.05) is 30.5 Å². The Morgan fingerprint density at radius 3 is 2.39 bits per heavy atom. The van der Waals surface area contributed by atoms with Gasteiger partial charge in [-0.2, -0.15) is 5.26 Å². The lowest BCUT2D eigenvalue weighted by Gasteiger charge is -2.19. The Morgan fingerprint density at radius 1 is 1.13 bits per heavy atom. The number of carbonyl (C=O) groups is 2. The predicted octanol–water partition coefficient (Wildman–Crippen LogP) is 4.44. The fraction of sp³-hybridized carbons (Fsp3) is 0.174. The number of furan rings is 1. The molecule has 2 heterocycles. The van der Waals surface area contributed by atoms with Gasteiger partial charge in [0.15, 0.2) is 6.61 Å². The molecule has 31 heavy (non-hydrogen) atoms. The summed E-state index contributed by atoms with van der Waals surface area (Å²) in [5, 5.41) is 10.9. The van der Waals surface area contributed by atoms with E-state index in [1.807, 2.05) is 30.3 Å². The highest BCUT2D eigenvalue weighted by Gasteiger charge is 2.32. The molecule has 1 aliphatic rings. The lowest BCUT2D eigenvalue weighted by atomic mass is 10.1. The summed E-state index contributed by atoms with van der Waals surface area (Å²) >= 11 is 6.01. The Kier molecular flexibility index (Phi) is 5.17. The molecule has 0 bridgehead atoms. The molecule has 7 nitrogen and oxygen atoms in total. The highest BCUT2D eigenvalue weighted by atomic mass is 35.5. The van der Waals surface area contributed by atoms with Crippen LogP contribution in [0.3, 0.4) is 0 Å². The molecule has 0 radical (unpaired) electrons. The van der Waals surface area contributed by atoms with Gasteiger partial charge >= 0.3 is 5.97 Å². The maximum absolute atomic E-state index is 12.8. The Bertz CT molecular complexity index is 1270. The number of esters is 1. The van der Waals surface area contributed by atoms with E-state index in [2.05, 4.69) is 0 Å². The fourth-order valence-corrected chi connectivity index (χ4v) is 3.89. The van der Waals surface area contributed by atoms with E-state index in [9.17, 15) is 14.9 Å². The van der Waals surface area contributed by atoms with Gasteiger partial charge in [0.2, 0.25) is 11.5 Å². The van der Waals surface area contributed by atoms with Crippen molar-refractivity contribution in [2.45, 2.75) is 6.92 Å². The number of ketones is 1. The highest BCUT2D eigenvalue weighted by molar-refractivity contribution is 6.31. The first-order valence-electron chi connectivity index (χ1n) is 9.43. The molecule has 0 saturated carbocycles. The molecule has 8 heteroatoms. The Morgan fingerprint density at radius 2 is 1.77 bits per heavy atom. The van der Waals surface area contributed by atoms with E-state index in [0.29, 0.717) is 27.4 Å². The lowest BCUT2D eigenvalue weighted by molar-refractivity contribution is -0.118. The normalized spacial score (nSPS) is 12.7. The van der Waals surface area contributed by atoms with Gasteiger partial charge in [0.05, 0.1) is 11.4 Å². The van der Waals surface area contributed by atoms with Gasteiger partial charge in [-0.25, -0.2) is 4.79 Å². The monoisotopic (exact) mass is 435 g/mol. The quantitative estimate of drug-likeness (QED) is 0.340. The summed E-state index contributed by atoms with van der Waals surface area (Å²) in [7, 11) is 3.55. The van der Waals surface area contributed by atoms with E-state index in [-0.39, 0.29) is 11.3 Å². The summed E-state index contributed by atoms with van der Waals surface area (Å²) in [5.74, 6) is -0.955. The van der Waals surface area contributed by atoms with E-state index in [4.69, 9.17) is 20.8 Å². The average molecular weight is 436 g/mol. The maximum atomic E-state index is 12.8. The molecule has 1 aliphatic heterocycles. The number of hydrogen-bond acceptors (Lipinski definition) is 7. The lowest BCUT2D eigenvalue weighted by Crippen LogP contribution is -2.27. The zero-order chi connectivity index (χ0) is 22.3. The summed E-state index contributed by atoms with van der Waals surface area (Å²) in [6.07, 6.45) is 0. The number of nitriles is 1. The van der Waals surface area contributed by atoms with Crippen molar-refractivity contribution in [1.82, 2.24) is 0 Å². The third-order valence-corrected chi connectivity index (χ3v) is 5.51. The molecule has 0 saturated heterocycles. The Balaban J connectivity index is 1.56. The second-order valence-corrected chi connectivity index (χ2v) is 7.55. The second-order valence-electron chi connectivity index (χ2n) is 7.11. The SMILES string of the molecule is Cc1c(C(=O)OCC(=O)C(C#N)=C2N(C)c3ccccc3N2C)oc2ccc(Cl)cc12. The molecular weight excluding hydrogens is 418 g/mol. The number of benzene rings is 2. The second kappa shape index (κ2) is 7.82. The number of carbonyl (C=O) groups excluding carboxylic acids is 2. The van der Waals surface area contributed by atoms with Gasteiger partial charge in [-0.1, -0.05) is 23.7 Å². The van der Waals surface area contributed by atoms with Crippen LogP contribution in [0.25, 0.3) is 11.0 Å². The van der Waals surface area contributed by atoms with Gasteiger partial charge in [-0.05, 0) is 37.3 Å². The topological polar surface area (TPSA) is 86.8 Å². The van der Waals surface area contributed by atoms with E-state index in [1.54, 1.807) is 49.0 Å². The van der Waals surface area contributed by atoms with E-state index in [0.717, 1.165) is 11.4 Å². The van der Waals surface area contributed by atoms with Crippen LogP contribution < -0.4 is 9.80 Å². The first kappa shape index (κ1) is 20.5. The minimum absolute atomic E-state index is 0.00117. The van der Waals surface area contributed by atoms with Crippen molar-refractivity contribution in [3.8, 4) is 6.07 Å². The van der Waals surface area contributed by atoms with Crippen molar-refractivity contribution < 1.29 is 18.7 Å². The molecule has 0 spiro atoms. The van der Waals surface area contributed by atoms with Crippen LogP contribution in [0.4, 0.5) is 11.4 Å². The Labute approximate surface area is 183 Å². The van der Waals surface area contributed by atoms with Crippen LogP contribution in [-0.4, -0.2) is 32.5 Å². The molecule has 0 aliphatic carbocycles. The standard InChI is InChI=1S/C23H18ClN3O4/c1-13-15-10-14(24)8-9-20(15)31-21(13)23(29)30-12-19(28)16(11-25)22-26(2)17-6-4-5-7-18(17)27(22)3/h4-10H,12H2,1-3H3. The number of anilines is 2. The molecule has 1 aromatic heterocycles. The molecule has 156 valence electrons. The van der Waals surface area contributed by atoms with Crippen molar-refractivity contribution in [1.29, 1.82) is 5.26 Å². The van der Waals surface area contributed by atoms with Gasteiger partial charge in [0.1, 0.15) is 23.0 Å². The van der Waals surface area contributed by atoms with Crippen LogP contribution in [0.1, 0.15) is 16.1 Å². The van der Waals surface area contributed by atoms with E-state index in [1.165, 1.54) is 0 Å². The summed E-state index contributed by atoms with van der Waals surface area (Å²) in [5.41, 5.74) is 2.71. The summed E-state index contributed by atoms with van der Waals surface area (Å²) < 4.78 is 10.8. The third-order valence-electron chi connectivity index (χ3n) is 5.27. The van der Waals surface area contributed by atoms with Crippen LogP contribution in [0.15, 0.2) is 58.3 Å². The fourth-order valence-electron chi connectivity index (χ4n) is 3.71. The summed E-state index contributed by atoms with van der Waals surface area (Å²) in [6.45, 7) is 1.13. The first-order chi connectivity index (χ1) is 14.8. The van der Waals surface area contributed by atoms with Gasteiger partial charge < -0.3 is 19.0 Å². The summed E-state index contributed by atoms with van der Waals surface area (Å²) in [6, 6.07) is 14.5. The zero-order valence-electron chi connectivity index (χ0n) is 17.1.